The van der Waals surface area contributed by atoms with Crippen LogP contribution in [0.4, 0.5) is 0 Å². The number of primary amides is 1. The molecule has 0 unspecified atom stereocenters. The van der Waals surface area contributed by atoms with E-state index in [1.807, 2.05) is 0 Å². The van der Waals surface area contributed by atoms with E-state index in [0.29, 0.717) is 12.2 Å². The summed E-state index contributed by atoms with van der Waals surface area (Å²) in [6.07, 6.45) is 3.02. The second-order valence-electron chi connectivity index (χ2n) is 2.21. The van der Waals surface area contributed by atoms with Gasteiger partial charge in [-0.25, -0.2) is 0 Å². The first-order valence-corrected chi connectivity index (χ1v) is 3.74. The van der Waals surface area contributed by atoms with Gasteiger partial charge in [0.25, 0.3) is 0 Å². The fraction of sp³-hybridized carbons (Fsp3) is 0.143. The first kappa shape index (κ1) is 13.7. The Kier molecular flexibility index (Phi) is 7.41. The maximum Gasteiger partial charge on any atom is 0.250 e. The number of rotatable bonds is 1. The van der Waals surface area contributed by atoms with Gasteiger partial charge in [-0.3, -0.25) is 9.78 Å². The number of nitrogens with two attached hydrogens (primary N) is 1. The summed E-state index contributed by atoms with van der Waals surface area (Å²) in [7, 11) is 0. The fourth-order valence-corrected chi connectivity index (χ4v) is 0.650. The molecule has 1 aliphatic rings. The first-order chi connectivity index (χ1) is 6.80. The number of hydrogen-bond acceptors (Lipinski definition) is 6. The van der Waals surface area contributed by atoms with E-state index in [2.05, 4.69) is 25.7 Å². The van der Waals surface area contributed by atoms with Crippen molar-refractivity contribution < 1.29 is 4.79 Å². The van der Waals surface area contributed by atoms with Crippen molar-refractivity contribution in [1.82, 2.24) is 4.98 Å². The van der Waals surface area contributed by atoms with Gasteiger partial charge >= 0.3 is 0 Å². The topological polar surface area (TPSA) is 105 Å². The minimum Gasteiger partial charge on any atom is -0.366 e. The molecule has 7 nitrogen and oxygen atoms in total. The largest absolute Gasteiger partial charge is 0.366 e. The molecule has 0 saturated heterocycles. The van der Waals surface area contributed by atoms with E-state index in [1.54, 1.807) is 18.3 Å². The molecule has 1 amide bonds. The SMILES string of the molecule is C1N=NN=N1.NC(=O)c1cccnc1.[Pb]. The molecule has 1 aromatic rings. The minimum atomic E-state index is -0.442. The van der Waals surface area contributed by atoms with Crippen molar-refractivity contribution in [3.63, 3.8) is 0 Å². The van der Waals surface area contributed by atoms with Crippen LogP contribution < -0.4 is 5.73 Å². The van der Waals surface area contributed by atoms with E-state index < -0.39 is 5.91 Å². The summed E-state index contributed by atoms with van der Waals surface area (Å²) in [6, 6.07) is 3.29. The Morgan fingerprint density at radius 2 is 2.00 bits per heavy atom. The van der Waals surface area contributed by atoms with E-state index in [4.69, 9.17) is 5.73 Å². The molecular weight excluding hydrogens is 391 g/mol. The van der Waals surface area contributed by atoms with E-state index in [9.17, 15) is 4.79 Å². The second kappa shape index (κ2) is 8.08. The van der Waals surface area contributed by atoms with Gasteiger partial charge in [-0.15, -0.1) is 10.2 Å². The number of nitrogens with zero attached hydrogens (tertiary/aromatic N) is 5. The molecule has 4 radical (unpaired) electrons. The first-order valence-electron chi connectivity index (χ1n) is 3.74. The van der Waals surface area contributed by atoms with Crippen LogP contribution in [0, 0.1) is 0 Å². The van der Waals surface area contributed by atoms with Crippen molar-refractivity contribution in [2.75, 3.05) is 6.67 Å². The zero-order valence-electron chi connectivity index (χ0n) is 7.74. The third-order valence-electron chi connectivity index (χ3n) is 1.24. The molecule has 0 fully saturated rings. The van der Waals surface area contributed by atoms with Crippen molar-refractivity contribution in [3.05, 3.63) is 30.1 Å². The van der Waals surface area contributed by atoms with Crippen molar-refractivity contribution in [2.24, 2.45) is 26.4 Å². The van der Waals surface area contributed by atoms with E-state index in [0.717, 1.165) is 0 Å². The number of pyridine rings is 1. The summed E-state index contributed by atoms with van der Waals surface area (Å²) in [5.74, 6) is -0.442. The zero-order valence-corrected chi connectivity index (χ0v) is 11.6. The smallest absolute Gasteiger partial charge is 0.250 e. The van der Waals surface area contributed by atoms with Gasteiger partial charge in [-0.2, -0.15) is 0 Å². The zero-order chi connectivity index (χ0) is 10.2. The van der Waals surface area contributed by atoms with Gasteiger partial charge in [0.15, 0.2) is 6.67 Å². The Labute approximate surface area is 106 Å². The van der Waals surface area contributed by atoms with Crippen LogP contribution in [0.5, 0.6) is 0 Å². The molecule has 0 atom stereocenters. The number of aromatic nitrogens is 1. The minimum absolute atomic E-state index is 0. The molecule has 15 heavy (non-hydrogen) atoms. The predicted molar refractivity (Wildman–Crippen MR) is 53.1 cm³/mol. The summed E-state index contributed by atoms with van der Waals surface area (Å²) in [4.78, 5) is 14.1. The molecule has 0 spiro atoms. The van der Waals surface area contributed by atoms with Crippen molar-refractivity contribution in [1.29, 1.82) is 0 Å². The molecular formula is C7H8N6OPb. The molecule has 2 N–H and O–H groups in total. The Morgan fingerprint density at radius 1 is 1.33 bits per heavy atom. The normalized spacial score (nSPS) is 11.2. The second-order valence-corrected chi connectivity index (χ2v) is 2.21. The number of carbonyl (C=O) groups excluding carboxylic acids is 1. The number of carbonyl (C=O) groups is 1. The Hall–Kier alpha value is -1.26. The maximum atomic E-state index is 10.4. The molecule has 0 aliphatic carbocycles. The van der Waals surface area contributed by atoms with Crippen molar-refractivity contribution in [2.45, 2.75) is 0 Å². The van der Waals surface area contributed by atoms with E-state index in [1.165, 1.54) is 6.20 Å². The molecule has 1 aromatic heterocycles. The van der Waals surface area contributed by atoms with Crippen LogP contribution in [-0.2, 0) is 0 Å². The van der Waals surface area contributed by atoms with Crippen LogP contribution in [0.25, 0.3) is 0 Å². The third-order valence-corrected chi connectivity index (χ3v) is 1.24. The summed E-state index contributed by atoms with van der Waals surface area (Å²) in [6.45, 7) is 0.417. The van der Waals surface area contributed by atoms with Gasteiger partial charge < -0.3 is 5.73 Å². The fourth-order valence-electron chi connectivity index (χ4n) is 0.650. The van der Waals surface area contributed by atoms with Gasteiger partial charge in [0, 0.05) is 39.7 Å². The van der Waals surface area contributed by atoms with Crippen LogP contribution in [0.2, 0.25) is 0 Å². The van der Waals surface area contributed by atoms with Crippen LogP contribution in [0.15, 0.2) is 45.2 Å². The molecule has 2 rings (SSSR count). The van der Waals surface area contributed by atoms with Gasteiger partial charge in [-0.05, 0) is 22.6 Å². The molecule has 2 heterocycles. The summed E-state index contributed by atoms with van der Waals surface area (Å²) in [5, 5.41) is 13.1. The third kappa shape index (κ3) is 5.93. The Morgan fingerprint density at radius 3 is 2.27 bits per heavy atom. The van der Waals surface area contributed by atoms with Crippen LogP contribution in [0.3, 0.4) is 0 Å². The van der Waals surface area contributed by atoms with Crippen LogP contribution in [-0.4, -0.2) is 44.9 Å². The summed E-state index contributed by atoms with van der Waals surface area (Å²) >= 11 is 0. The maximum absolute atomic E-state index is 10.4. The Bertz CT molecular complexity index is 342. The Balaban J connectivity index is 0.000000280. The quantitative estimate of drug-likeness (QED) is 0.698. The molecule has 8 heteroatoms. The van der Waals surface area contributed by atoms with Gasteiger partial charge in [0.05, 0.1) is 5.56 Å². The van der Waals surface area contributed by atoms with Crippen molar-refractivity contribution >= 4 is 33.2 Å². The standard InChI is InChI=1S/C6H6N2O.CH2N4.Pb/c7-6(9)5-2-1-3-8-4-5;1-2-4-5-3-1;/h1-4H,(H2,7,9);1H2;. The summed E-state index contributed by atoms with van der Waals surface area (Å²) in [5.41, 5.74) is 5.38. The van der Waals surface area contributed by atoms with Crippen LogP contribution >= 0.6 is 0 Å². The summed E-state index contributed by atoms with van der Waals surface area (Å²) < 4.78 is 0. The van der Waals surface area contributed by atoms with Gasteiger partial charge in [-0.1, -0.05) is 0 Å². The van der Waals surface area contributed by atoms with Crippen LogP contribution in [0.1, 0.15) is 10.4 Å². The average molecular weight is 399 g/mol. The predicted octanol–water partition coefficient (Wildman–Crippen LogP) is 0.577. The number of hydrogen-bond donors (Lipinski definition) is 1. The molecule has 0 aromatic carbocycles. The van der Waals surface area contributed by atoms with E-state index in [-0.39, 0.29) is 27.3 Å². The molecule has 0 saturated carbocycles. The molecule has 0 bridgehead atoms. The average Bonchev–Trinajstić information content (AvgIpc) is 2.77. The van der Waals surface area contributed by atoms with Gasteiger partial charge in [0.2, 0.25) is 5.91 Å². The van der Waals surface area contributed by atoms with E-state index >= 15 is 0 Å². The number of amides is 1. The monoisotopic (exact) mass is 400 g/mol. The van der Waals surface area contributed by atoms with Gasteiger partial charge in [0.1, 0.15) is 0 Å². The van der Waals surface area contributed by atoms with Crippen molar-refractivity contribution in [3.8, 4) is 0 Å². The molecule has 1 aliphatic heterocycles. The molecule has 76 valence electrons.